The zero-order valence-corrected chi connectivity index (χ0v) is 16.7. The number of hydrogen-bond donors (Lipinski definition) is 0. The molecular formula is C25H18N2O4. The van der Waals surface area contributed by atoms with Crippen molar-refractivity contribution in [2.45, 2.75) is 6.92 Å². The first-order chi connectivity index (χ1) is 15.2. The molecule has 6 heteroatoms. The fourth-order valence-corrected chi connectivity index (χ4v) is 3.68. The van der Waals surface area contributed by atoms with Crippen molar-refractivity contribution in [3.63, 3.8) is 0 Å². The zero-order valence-electron chi connectivity index (χ0n) is 16.7. The molecule has 152 valence electrons. The van der Waals surface area contributed by atoms with Crippen LogP contribution in [0.1, 0.15) is 33.3 Å². The van der Waals surface area contributed by atoms with Crippen molar-refractivity contribution in [3.8, 4) is 11.5 Å². The van der Waals surface area contributed by atoms with Gasteiger partial charge in [-0.05, 0) is 48.0 Å². The Morgan fingerprint density at radius 2 is 1.84 bits per heavy atom. The highest BCUT2D eigenvalue weighted by molar-refractivity contribution is 6.12. The minimum absolute atomic E-state index is 0.205. The van der Waals surface area contributed by atoms with Crippen molar-refractivity contribution in [1.29, 1.82) is 0 Å². The van der Waals surface area contributed by atoms with Gasteiger partial charge in [-0.1, -0.05) is 36.4 Å². The Hall–Kier alpha value is -4.19. The maximum absolute atomic E-state index is 13.4. The first kappa shape index (κ1) is 18.8. The Kier molecular flexibility index (Phi) is 4.59. The maximum atomic E-state index is 13.4. The Morgan fingerprint density at radius 1 is 1.00 bits per heavy atom. The van der Waals surface area contributed by atoms with E-state index in [1.807, 2.05) is 36.4 Å². The molecule has 0 unspecified atom stereocenters. The molecule has 5 aromatic rings. The molecule has 6 nitrogen and oxygen atoms in total. The maximum Gasteiger partial charge on any atom is 0.340 e. The third-order valence-electron chi connectivity index (χ3n) is 5.18. The van der Waals surface area contributed by atoms with Gasteiger partial charge in [0.2, 0.25) is 5.78 Å². The summed E-state index contributed by atoms with van der Waals surface area (Å²) in [5, 5.41) is 2.02. The summed E-state index contributed by atoms with van der Waals surface area (Å²) in [7, 11) is 0. The van der Waals surface area contributed by atoms with E-state index in [9.17, 15) is 9.59 Å². The number of ketones is 1. The molecule has 0 atom stereocenters. The SMILES string of the molecule is CCOC(=O)c1cc(C(=O)c2ccc3ccccc3c2)n2cnc(-c3ccco3)cc12. The molecule has 0 aliphatic heterocycles. The summed E-state index contributed by atoms with van der Waals surface area (Å²) in [5.74, 6) is -0.126. The first-order valence-corrected chi connectivity index (χ1v) is 9.91. The Morgan fingerprint density at radius 3 is 2.61 bits per heavy atom. The first-order valence-electron chi connectivity index (χ1n) is 9.91. The number of furan rings is 1. The number of rotatable bonds is 5. The molecule has 0 N–H and O–H groups in total. The second kappa shape index (κ2) is 7.57. The average Bonchev–Trinajstić information content (AvgIpc) is 3.46. The molecule has 0 amide bonds. The number of aromatic nitrogens is 2. The molecule has 0 saturated heterocycles. The van der Waals surface area contributed by atoms with Gasteiger partial charge in [-0.15, -0.1) is 0 Å². The number of fused-ring (bicyclic) bond motifs is 2. The van der Waals surface area contributed by atoms with Crippen LogP contribution in [0, 0.1) is 0 Å². The second-order valence-corrected chi connectivity index (χ2v) is 7.06. The summed E-state index contributed by atoms with van der Waals surface area (Å²) in [4.78, 5) is 30.4. The van der Waals surface area contributed by atoms with E-state index in [1.165, 1.54) is 6.33 Å². The number of hydrogen-bond acceptors (Lipinski definition) is 5. The fourth-order valence-electron chi connectivity index (χ4n) is 3.68. The largest absolute Gasteiger partial charge is 0.463 e. The van der Waals surface area contributed by atoms with Crippen LogP contribution in [0.3, 0.4) is 0 Å². The van der Waals surface area contributed by atoms with Crippen molar-refractivity contribution in [1.82, 2.24) is 9.38 Å². The van der Waals surface area contributed by atoms with Gasteiger partial charge in [0.15, 0.2) is 5.76 Å². The smallest absolute Gasteiger partial charge is 0.340 e. The van der Waals surface area contributed by atoms with E-state index in [2.05, 4.69) is 4.98 Å². The quantitative estimate of drug-likeness (QED) is 0.296. The summed E-state index contributed by atoms with van der Waals surface area (Å²) in [6.07, 6.45) is 3.09. The molecule has 3 aromatic heterocycles. The minimum Gasteiger partial charge on any atom is -0.463 e. The molecule has 0 aliphatic carbocycles. The summed E-state index contributed by atoms with van der Waals surface area (Å²) in [6, 6.07) is 20.2. The van der Waals surface area contributed by atoms with E-state index in [0.717, 1.165) is 10.8 Å². The van der Waals surface area contributed by atoms with Gasteiger partial charge in [-0.3, -0.25) is 9.20 Å². The van der Waals surface area contributed by atoms with Crippen LogP contribution in [-0.4, -0.2) is 27.7 Å². The molecule has 3 heterocycles. The van der Waals surface area contributed by atoms with Crippen LogP contribution in [0.5, 0.6) is 0 Å². The molecule has 31 heavy (non-hydrogen) atoms. The molecule has 5 rings (SSSR count). The number of carbonyl (C=O) groups is 2. The third kappa shape index (κ3) is 3.28. The van der Waals surface area contributed by atoms with Gasteiger partial charge in [0.1, 0.15) is 12.0 Å². The van der Waals surface area contributed by atoms with Gasteiger partial charge in [-0.2, -0.15) is 0 Å². The fraction of sp³-hybridized carbons (Fsp3) is 0.0800. The topological polar surface area (TPSA) is 73.8 Å². The predicted octanol–water partition coefficient (Wildman–Crippen LogP) is 5.16. The second-order valence-electron chi connectivity index (χ2n) is 7.06. The van der Waals surface area contributed by atoms with Crippen molar-refractivity contribution < 1.29 is 18.7 Å². The van der Waals surface area contributed by atoms with Crippen molar-refractivity contribution in [2.24, 2.45) is 0 Å². The molecule has 0 spiro atoms. The molecule has 0 aliphatic rings. The lowest BCUT2D eigenvalue weighted by Gasteiger charge is -2.05. The highest BCUT2D eigenvalue weighted by Gasteiger charge is 2.22. The van der Waals surface area contributed by atoms with Crippen LogP contribution >= 0.6 is 0 Å². The van der Waals surface area contributed by atoms with Crippen molar-refractivity contribution in [2.75, 3.05) is 6.61 Å². The highest BCUT2D eigenvalue weighted by Crippen LogP contribution is 2.26. The summed E-state index contributed by atoms with van der Waals surface area (Å²) < 4.78 is 12.3. The molecule has 0 saturated carbocycles. The van der Waals surface area contributed by atoms with Crippen molar-refractivity contribution >= 4 is 28.0 Å². The molecule has 0 fully saturated rings. The monoisotopic (exact) mass is 410 g/mol. The Bertz CT molecular complexity index is 1430. The van der Waals surface area contributed by atoms with Gasteiger partial charge in [0.25, 0.3) is 0 Å². The zero-order chi connectivity index (χ0) is 21.4. The van der Waals surface area contributed by atoms with Gasteiger partial charge < -0.3 is 9.15 Å². The lowest BCUT2D eigenvalue weighted by molar-refractivity contribution is 0.0529. The minimum atomic E-state index is -0.492. The number of nitrogens with zero attached hydrogens (tertiary/aromatic N) is 2. The molecular weight excluding hydrogens is 392 g/mol. The number of benzene rings is 2. The van der Waals surface area contributed by atoms with E-state index >= 15 is 0 Å². The summed E-state index contributed by atoms with van der Waals surface area (Å²) in [5.41, 5.74) is 2.27. The normalized spacial score (nSPS) is 11.1. The lowest BCUT2D eigenvalue weighted by atomic mass is 10.0. The Balaban J connectivity index is 1.66. The van der Waals surface area contributed by atoms with Gasteiger partial charge in [-0.25, -0.2) is 9.78 Å². The van der Waals surface area contributed by atoms with E-state index in [4.69, 9.17) is 9.15 Å². The Labute approximate surface area is 177 Å². The summed E-state index contributed by atoms with van der Waals surface area (Å²) in [6.45, 7) is 1.98. The lowest BCUT2D eigenvalue weighted by Crippen LogP contribution is -2.05. The van der Waals surface area contributed by atoms with E-state index < -0.39 is 5.97 Å². The van der Waals surface area contributed by atoms with Crippen LogP contribution in [0.15, 0.2) is 83.7 Å². The van der Waals surface area contributed by atoms with E-state index in [0.29, 0.717) is 33.8 Å². The van der Waals surface area contributed by atoms with Gasteiger partial charge in [0, 0.05) is 5.56 Å². The van der Waals surface area contributed by atoms with Crippen molar-refractivity contribution in [3.05, 3.63) is 96.1 Å². The third-order valence-corrected chi connectivity index (χ3v) is 5.18. The van der Waals surface area contributed by atoms with Crippen LogP contribution in [0.25, 0.3) is 27.7 Å². The average molecular weight is 410 g/mol. The number of esters is 1. The van der Waals surface area contributed by atoms with E-state index in [1.54, 1.807) is 47.9 Å². The van der Waals surface area contributed by atoms with E-state index in [-0.39, 0.29) is 12.4 Å². The van der Waals surface area contributed by atoms with Gasteiger partial charge >= 0.3 is 5.97 Å². The molecule has 2 aromatic carbocycles. The van der Waals surface area contributed by atoms with Gasteiger partial charge in [0.05, 0.1) is 29.6 Å². The number of ether oxygens (including phenoxy) is 1. The summed E-state index contributed by atoms with van der Waals surface area (Å²) >= 11 is 0. The number of carbonyl (C=O) groups excluding carboxylic acids is 2. The predicted molar refractivity (Wildman–Crippen MR) is 116 cm³/mol. The molecule has 0 bridgehead atoms. The molecule has 0 radical (unpaired) electrons. The van der Waals surface area contributed by atoms with Crippen LogP contribution in [-0.2, 0) is 4.74 Å². The van der Waals surface area contributed by atoms with Crippen LogP contribution in [0.2, 0.25) is 0 Å². The highest BCUT2D eigenvalue weighted by atomic mass is 16.5. The standard InChI is InChI=1S/C25H18N2O4/c1-2-30-25(29)19-13-22(24(28)18-10-9-16-6-3-4-7-17(16)12-18)27-15-26-20(14-21(19)27)23-8-5-11-31-23/h3-15H,2H2,1H3. The van der Waals surface area contributed by atoms with Crippen LogP contribution < -0.4 is 0 Å². The van der Waals surface area contributed by atoms with Crippen LogP contribution in [0.4, 0.5) is 0 Å².